The van der Waals surface area contributed by atoms with Gasteiger partial charge < -0.3 is 24.6 Å². The second-order valence-electron chi connectivity index (χ2n) is 8.88. The fourth-order valence-electron chi connectivity index (χ4n) is 4.52. The predicted octanol–water partition coefficient (Wildman–Crippen LogP) is 5.00. The Morgan fingerprint density at radius 2 is 1.72 bits per heavy atom. The van der Waals surface area contributed by atoms with Gasteiger partial charge in [-0.05, 0) is 60.9 Å². The van der Waals surface area contributed by atoms with Gasteiger partial charge in [0.2, 0.25) is 0 Å². The second kappa shape index (κ2) is 11.2. The molecule has 3 aromatic rings. The lowest BCUT2D eigenvalue weighted by atomic mass is 10.1. The maximum atomic E-state index is 13.0. The molecular weight excluding hydrogens is 454 g/mol. The summed E-state index contributed by atoms with van der Waals surface area (Å²) in [6, 6.07) is 20.9. The normalized spacial score (nSPS) is 14.4. The number of nitrogens with one attached hydrogen (secondary N) is 1. The summed E-state index contributed by atoms with van der Waals surface area (Å²) in [5, 5.41) is 3.48. The van der Waals surface area contributed by atoms with Gasteiger partial charge in [0.15, 0.2) is 11.5 Å². The van der Waals surface area contributed by atoms with Crippen molar-refractivity contribution in [1.29, 1.82) is 0 Å². The van der Waals surface area contributed by atoms with Gasteiger partial charge >= 0.3 is 0 Å². The van der Waals surface area contributed by atoms with E-state index in [0.717, 1.165) is 28.8 Å². The number of nitrogens with zero attached hydrogens (tertiary/aromatic N) is 2. The first kappa shape index (κ1) is 25.1. The van der Waals surface area contributed by atoms with Crippen LogP contribution in [0.5, 0.6) is 11.5 Å². The number of ether oxygens (including phenoxy) is 2. The maximum Gasteiger partial charge on any atom is 0.256 e. The number of anilines is 1. The molecule has 0 aromatic heterocycles. The topological polar surface area (TPSA) is 71.1 Å². The van der Waals surface area contributed by atoms with Crippen molar-refractivity contribution in [1.82, 2.24) is 9.80 Å². The molecule has 0 saturated carbocycles. The molecule has 1 atom stereocenters. The maximum absolute atomic E-state index is 13.0. The minimum Gasteiger partial charge on any atom is -0.493 e. The van der Waals surface area contributed by atoms with E-state index in [-0.39, 0.29) is 18.0 Å². The van der Waals surface area contributed by atoms with E-state index in [2.05, 4.69) is 12.2 Å². The molecule has 0 saturated heterocycles. The van der Waals surface area contributed by atoms with Crippen molar-refractivity contribution in [2.75, 3.05) is 39.7 Å². The van der Waals surface area contributed by atoms with Crippen LogP contribution in [0.2, 0.25) is 0 Å². The Kier molecular flexibility index (Phi) is 7.78. The lowest BCUT2D eigenvalue weighted by Gasteiger charge is -2.27. The highest BCUT2D eigenvalue weighted by Gasteiger charge is 2.35. The molecule has 0 spiro atoms. The summed E-state index contributed by atoms with van der Waals surface area (Å²) < 4.78 is 10.7. The minimum atomic E-state index is -0.223. The van der Waals surface area contributed by atoms with Crippen LogP contribution in [0.4, 0.5) is 5.69 Å². The van der Waals surface area contributed by atoms with E-state index >= 15 is 0 Å². The minimum absolute atomic E-state index is 0.0453. The van der Waals surface area contributed by atoms with Crippen molar-refractivity contribution in [2.24, 2.45) is 0 Å². The molecule has 1 N–H and O–H groups in total. The molecule has 0 aliphatic carbocycles. The number of benzene rings is 3. The van der Waals surface area contributed by atoms with Crippen molar-refractivity contribution in [3.8, 4) is 11.5 Å². The molecule has 36 heavy (non-hydrogen) atoms. The Labute approximate surface area is 212 Å². The van der Waals surface area contributed by atoms with E-state index in [0.29, 0.717) is 36.6 Å². The van der Waals surface area contributed by atoms with Crippen LogP contribution >= 0.6 is 0 Å². The van der Waals surface area contributed by atoms with Gasteiger partial charge in [-0.25, -0.2) is 0 Å². The number of carbonyl (C=O) groups excluding carboxylic acids is 2. The zero-order chi connectivity index (χ0) is 25.7. The molecule has 0 radical (unpaired) electrons. The van der Waals surface area contributed by atoms with Gasteiger partial charge in [-0.1, -0.05) is 31.2 Å². The zero-order valence-electron chi connectivity index (χ0n) is 21.3. The lowest BCUT2D eigenvalue weighted by molar-refractivity contribution is 0.0742. The molecule has 7 nitrogen and oxygen atoms in total. The number of rotatable bonds is 10. The smallest absolute Gasteiger partial charge is 0.256 e. The summed E-state index contributed by atoms with van der Waals surface area (Å²) in [7, 11) is 5.03. The zero-order valence-corrected chi connectivity index (χ0v) is 21.3. The Hall–Kier alpha value is -4.00. The van der Waals surface area contributed by atoms with Crippen molar-refractivity contribution >= 4 is 17.5 Å². The van der Waals surface area contributed by atoms with Gasteiger partial charge in [-0.15, -0.1) is 0 Å². The lowest BCUT2D eigenvalue weighted by Crippen LogP contribution is -2.33. The van der Waals surface area contributed by atoms with E-state index in [1.165, 1.54) is 0 Å². The first-order chi connectivity index (χ1) is 17.5. The Morgan fingerprint density at radius 1 is 1.00 bits per heavy atom. The highest BCUT2D eigenvalue weighted by atomic mass is 16.5. The number of hydrogen-bond donors (Lipinski definition) is 1. The van der Waals surface area contributed by atoms with E-state index in [9.17, 15) is 9.59 Å². The number of fused-ring (bicyclic) bond motifs is 1. The molecular formula is C29H33N3O4. The third-order valence-electron chi connectivity index (χ3n) is 6.49. The molecule has 1 aliphatic rings. The third-order valence-corrected chi connectivity index (χ3v) is 6.49. The first-order valence-corrected chi connectivity index (χ1v) is 12.2. The van der Waals surface area contributed by atoms with Crippen molar-refractivity contribution < 1.29 is 19.1 Å². The molecule has 1 unspecified atom stereocenters. The van der Waals surface area contributed by atoms with E-state index in [4.69, 9.17) is 9.47 Å². The van der Waals surface area contributed by atoms with Crippen molar-refractivity contribution in [2.45, 2.75) is 25.9 Å². The molecule has 0 bridgehead atoms. The molecule has 188 valence electrons. The van der Waals surface area contributed by atoms with E-state index < -0.39 is 0 Å². The number of methoxy groups -OCH3 is 2. The quantitative estimate of drug-likeness (QED) is 0.436. The predicted molar refractivity (Wildman–Crippen MR) is 141 cm³/mol. The Balaban J connectivity index is 1.40. The highest BCUT2D eigenvalue weighted by molar-refractivity contribution is 5.99. The van der Waals surface area contributed by atoms with Crippen LogP contribution in [-0.2, 0) is 6.42 Å². The monoisotopic (exact) mass is 487 g/mol. The summed E-state index contributed by atoms with van der Waals surface area (Å²) in [5.74, 6) is 1.36. The van der Waals surface area contributed by atoms with E-state index in [1.54, 1.807) is 26.2 Å². The van der Waals surface area contributed by atoms with Gasteiger partial charge in [0.25, 0.3) is 11.8 Å². The fourth-order valence-corrected chi connectivity index (χ4v) is 4.52. The summed E-state index contributed by atoms with van der Waals surface area (Å²) in [6.45, 7) is 3.31. The van der Waals surface area contributed by atoms with Gasteiger partial charge in [-0.2, -0.15) is 0 Å². The number of amides is 2. The van der Waals surface area contributed by atoms with Gasteiger partial charge in [0.1, 0.15) is 6.17 Å². The van der Waals surface area contributed by atoms with Crippen LogP contribution in [0, 0.1) is 0 Å². The summed E-state index contributed by atoms with van der Waals surface area (Å²) in [6.07, 6.45) is 1.35. The molecule has 2 amide bonds. The molecule has 7 heteroatoms. The Morgan fingerprint density at radius 3 is 2.42 bits per heavy atom. The van der Waals surface area contributed by atoms with Gasteiger partial charge in [0, 0.05) is 42.5 Å². The SMILES string of the molecule is CCCN1C(=O)c2ccccc2C1Nc1ccc(C(=O)N(C)CCc2ccc(OC)c(OC)c2)cc1. The van der Waals surface area contributed by atoms with E-state index in [1.807, 2.05) is 71.6 Å². The molecule has 1 heterocycles. The fraction of sp³-hybridized carbons (Fsp3) is 0.310. The molecule has 3 aromatic carbocycles. The van der Waals surface area contributed by atoms with Crippen LogP contribution in [0.25, 0.3) is 0 Å². The summed E-state index contributed by atoms with van der Waals surface area (Å²) in [4.78, 5) is 29.4. The highest BCUT2D eigenvalue weighted by Crippen LogP contribution is 2.34. The van der Waals surface area contributed by atoms with Crippen LogP contribution < -0.4 is 14.8 Å². The van der Waals surface area contributed by atoms with Crippen LogP contribution in [0.3, 0.4) is 0 Å². The molecule has 0 fully saturated rings. The van der Waals surface area contributed by atoms with Gasteiger partial charge in [0.05, 0.1) is 14.2 Å². The van der Waals surface area contributed by atoms with Crippen LogP contribution in [-0.4, -0.2) is 56.0 Å². The van der Waals surface area contributed by atoms with Crippen LogP contribution in [0.1, 0.15) is 51.4 Å². The number of carbonyl (C=O) groups is 2. The number of likely N-dealkylation sites (N-methyl/N-ethyl adjacent to an activating group) is 1. The largest absolute Gasteiger partial charge is 0.493 e. The first-order valence-electron chi connectivity index (χ1n) is 12.2. The second-order valence-corrected chi connectivity index (χ2v) is 8.88. The average Bonchev–Trinajstić information content (AvgIpc) is 3.18. The summed E-state index contributed by atoms with van der Waals surface area (Å²) >= 11 is 0. The van der Waals surface area contributed by atoms with Crippen LogP contribution in [0.15, 0.2) is 66.7 Å². The average molecular weight is 488 g/mol. The molecule has 1 aliphatic heterocycles. The third kappa shape index (κ3) is 5.15. The Bertz CT molecular complexity index is 1230. The standard InChI is InChI=1S/C29H33N3O4/c1-5-17-32-27(23-8-6-7-9-24(23)29(32)34)30-22-13-11-21(12-14-22)28(33)31(2)18-16-20-10-15-25(35-3)26(19-20)36-4/h6-15,19,27,30H,5,16-18H2,1-4H3. The van der Waals surface area contributed by atoms with Crippen molar-refractivity contribution in [3.05, 3.63) is 89.0 Å². The van der Waals surface area contributed by atoms with Crippen molar-refractivity contribution in [3.63, 3.8) is 0 Å². The summed E-state index contributed by atoms with van der Waals surface area (Å²) in [5.41, 5.74) is 4.26. The molecule has 4 rings (SSSR count). The number of hydrogen-bond acceptors (Lipinski definition) is 5. The van der Waals surface area contributed by atoms with Gasteiger partial charge in [-0.3, -0.25) is 9.59 Å².